The molecule has 2 aromatic rings. The van der Waals surface area contributed by atoms with Gasteiger partial charge in [-0.15, -0.1) is 11.3 Å². The summed E-state index contributed by atoms with van der Waals surface area (Å²) >= 11 is 1.98. The summed E-state index contributed by atoms with van der Waals surface area (Å²) in [6, 6.07) is 4.80. The minimum atomic E-state index is 0.342. The summed E-state index contributed by atoms with van der Waals surface area (Å²) in [6.45, 7) is 3.16. The zero-order chi connectivity index (χ0) is 12.5. The van der Waals surface area contributed by atoms with Gasteiger partial charge in [0.2, 0.25) is 0 Å². The number of rotatable bonds is 4. The molecule has 3 nitrogen and oxygen atoms in total. The van der Waals surface area contributed by atoms with Crippen LogP contribution in [0.4, 0.5) is 0 Å². The molecular weight excluding hydrogens is 242 g/mol. The van der Waals surface area contributed by atoms with Crippen LogP contribution in [0.2, 0.25) is 0 Å². The van der Waals surface area contributed by atoms with Crippen molar-refractivity contribution >= 4 is 11.3 Å². The lowest BCUT2D eigenvalue weighted by Crippen LogP contribution is -2.20. The molecule has 0 saturated carbocycles. The second kappa shape index (κ2) is 4.86. The minimum Gasteiger partial charge on any atom is -0.304 e. The Morgan fingerprint density at radius 1 is 1.50 bits per heavy atom. The van der Waals surface area contributed by atoms with Gasteiger partial charge < -0.3 is 5.32 Å². The number of fused-ring (bicyclic) bond motifs is 1. The molecule has 1 unspecified atom stereocenters. The average molecular weight is 261 g/mol. The van der Waals surface area contributed by atoms with E-state index in [2.05, 4.69) is 29.5 Å². The molecular formula is C14H19N3S. The molecule has 18 heavy (non-hydrogen) atoms. The number of aryl methyl sites for hydroxylation is 3. The molecule has 0 aliphatic heterocycles. The SMILES string of the molecule is CC(NCc1cc2c(s1)CCC2)c1ccnn1C. The molecule has 0 fully saturated rings. The molecule has 0 saturated heterocycles. The van der Waals surface area contributed by atoms with Crippen LogP contribution in [0.15, 0.2) is 18.3 Å². The van der Waals surface area contributed by atoms with Gasteiger partial charge in [0.05, 0.1) is 5.69 Å². The van der Waals surface area contributed by atoms with Crippen LogP contribution in [0.5, 0.6) is 0 Å². The van der Waals surface area contributed by atoms with Crippen molar-refractivity contribution in [3.63, 3.8) is 0 Å². The largest absolute Gasteiger partial charge is 0.304 e. The second-order valence-electron chi connectivity index (χ2n) is 5.00. The van der Waals surface area contributed by atoms with Crippen LogP contribution < -0.4 is 5.32 Å². The predicted molar refractivity (Wildman–Crippen MR) is 74.8 cm³/mol. The Hall–Kier alpha value is -1.13. The van der Waals surface area contributed by atoms with Crippen molar-refractivity contribution in [3.05, 3.63) is 39.3 Å². The average Bonchev–Trinajstić information content (AvgIpc) is 3.00. The fourth-order valence-electron chi connectivity index (χ4n) is 2.64. The van der Waals surface area contributed by atoms with E-state index in [1.165, 1.54) is 29.8 Å². The van der Waals surface area contributed by atoms with E-state index < -0.39 is 0 Å². The van der Waals surface area contributed by atoms with Crippen LogP contribution in [-0.2, 0) is 26.4 Å². The highest BCUT2D eigenvalue weighted by Crippen LogP contribution is 2.30. The first-order chi connectivity index (χ1) is 8.74. The first kappa shape index (κ1) is 11.9. The van der Waals surface area contributed by atoms with Gasteiger partial charge in [0.15, 0.2) is 0 Å². The van der Waals surface area contributed by atoms with Gasteiger partial charge in [-0.25, -0.2) is 0 Å². The Labute approximate surface area is 112 Å². The topological polar surface area (TPSA) is 29.9 Å². The molecule has 96 valence electrons. The summed E-state index contributed by atoms with van der Waals surface area (Å²) in [7, 11) is 1.99. The summed E-state index contributed by atoms with van der Waals surface area (Å²) < 4.78 is 1.94. The molecule has 4 heteroatoms. The quantitative estimate of drug-likeness (QED) is 0.917. The third-order valence-corrected chi connectivity index (χ3v) is 4.92. The van der Waals surface area contributed by atoms with Gasteiger partial charge in [-0.2, -0.15) is 5.10 Å². The highest BCUT2D eigenvalue weighted by Gasteiger charge is 2.15. The van der Waals surface area contributed by atoms with Crippen LogP contribution in [0.1, 0.15) is 40.4 Å². The molecule has 0 radical (unpaired) electrons. The highest BCUT2D eigenvalue weighted by atomic mass is 32.1. The van der Waals surface area contributed by atoms with Crippen molar-refractivity contribution in [2.75, 3.05) is 0 Å². The molecule has 0 bridgehead atoms. The first-order valence-corrected chi connectivity index (χ1v) is 7.37. The Bertz CT molecular complexity index is 519. The fraction of sp³-hybridized carbons (Fsp3) is 0.500. The fourth-order valence-corrected chi connectivity index (χ4v) is 3.86. The number of nitrogens with zero attached hydrogens (tertiary/aromatic N) is 2. The van der Waals surface area contributed by atoms with E-state index in [0.717, 1.165) is 6.54 Å². The van der Waals surface area contributed by atoms with Crippen LogP contribution in [0.3, 0.4) is 0 Å². The van der Waals surface area contributed by atoms with Crippen LogP contribution in [0.25, 0.3) is 0 Å². The van der Waals surface area contributed by atoms with Crippen molar-refractivity contribution < 1.29 is 0 Å². The third-order valence-electron chi connectivity index (χ3n) is 3.68. The number of aromatic nitrogens is 2. The Morgan fingerprint density at radius 2 is 2.39 bits per heavy atom. The maximum absolute atomic E-state index is 4.21. The van der Waals surface area contributed by atoms with E-state index in [9.17, 15) is 0 Å². The van der Waals surface area contributed by atoms with Crippen molar-refractivity contribution in [2.45, 2.75) is 38.8 Å². The standard InChI is InChI=1S/C14H19N3S/c1-10(13-6-7-16-17(13)2)15-9-12-8-11-4-3-5-14(11)18-12/h6-8,10,15H,3-5,9H2,1-2H3. The van der Waals surface area contributed by atoms with Crippen molar-refractivity contribution in [1.82, 2.24) is 15.1 Å². The monoisotopic (exact) mass is 261 g/mol. The predicted octanol–water partition coefficient (Wildman–Crippen LogP) is 2.82. The van der Waals surface area contributed by atoms with Gasteiger partial charge in [-0.05, 0) is 43.9 Å². The van der Waals surface area contributed by atoms with Gasteiger partial charge in [0.1, 0.15) is 0 Å². The van der Waals surface area contributed by atoms with E-state index >= 15 is 0 Å². The van der Waals surface area contributed by atoms with Gasteiger partial charge in [-0.1, -0.05) is 0 Å². The number of hydrogen-bond donors (Lipinski definition) is 1. The molecule has 3 rings (SSSR count). The zero-order valence-electron chi connectivity index (χ0n) is 10.9. The maximum Gasteiger partial charge on any atom is 0.0547 e. The van der Waals surface area contributed by atoms with Gasteiger partial charge >= 0.3 is 0 Å². The van der Waals surface area contributed by atoms with Crippen molar-refractivity contribution in [2.24, 2.45) is 7.05 Å². The molecule has 0 amide bonds. The molecule has 2 heterocycles. The Balaban J connectivity index is 1.62. The summed E-state index contributed by atoms with van der Waals surface area (Å²) in [5.41, 5.74) is 2.82. The molecule has 1 N–H and O–H groups in total. The summed E-state index contributed by atoms with van der Waals surface area (Å²) in [4.78, 5) is 3.08. The van der Waals surface area contributed by atoms with E-state index in [-0.39, 0.29) is 0 Å². The lowest BCUT2D eigenvalue weighted by atomic mass is 10.2. The number of thiophene rings is 1. The molecule has 1 aliphatic rings. The maximum atomic E-state index is 4.21. The molecule has 2 aromatic heterocycles. The Kier molecular flexibility index (Phi) is 3.22. The minimum absolute atomic E-state index is 0.342. The lowest BCUT2D eigenvalue weighted by molar-refractivity contribution is 0.532. The molecule has 0 spiro atoms. The van der Waals surface area contributed by atoms with E-state index in [1.807, 2.05) is 29.3 Å². The smallest absolute Gasteiger partial charge is 0.0547 e. The van der Waals surface area contributed by atoms with E-state index in [1.54, 1.807) is 10.4 Å². The highest BCUT2D eigenvalue weighted by molar-refractivity contribution is 7.12. The molecule has 1 aliphatic carbocycles. The van der Waals surface area contributed by atoms with Crippen LogP contribution in [-0.4, -0.2) is 9.78 Å². The van der Waals surface area contributed by atoms with Crippen molar-refractivity contribution in [1.29, 1.82) is 0 Å². The summed E-state index contributed by atoms with van der Waals surface area (Å²) in [5.74, 6) is 0. The zero-order valence-corrected chi connectivity index (χ0v) is 11.8. The molecule has 1 atom stereocenters. The van der Waals surface area contributed by atoms with Crippen LogP contribution in [0, 0.1) is 0 Å². The Morgan fingerprint density at radius 3 is 3.11 bits per heavy atom. The second-order valence-corrected chi connectivity index (χ2v) is 6.22. The normalized spacial score (nSPS) is 15.9. The van der Waals surface area contributed by atoms with Crippen molar-refractivity contribution in [3.8, 4) is 0 Å². The number of hydrogen-bond acceptors (Lipinski definition) is 3. The van der Waals surface area contributed by atoms with E-state index in [4.69, 9.17) is 0 Å². The summed E-state index contributed by atoms with van der Waals surface area (Å²) in [6.07, 6.45) is 5.77. The van der Waals surface area contributed by atoms with Gasteiger partial charge in [-0.3, -0.25) is 4.68 Å². The molecule has 0 aromatic carbocycles. The van der Waals surface area contributed by atoms with Crippen LogP contribution >= 0.6 is 11.3 Å². The first-order valence-electron chi connectivity index (χ1n) is 6.56. The summed E-state index contributed by atoms with van der Waals surface area (Å²) in [5, 5.41) is 7.79. The third kappa shape index (κ3) is 2.22. The van der Waals surface area contributed by atoms with E-state index in [0.29, 0.717) is 6.04 Å². The lowest BCUT2D eigenvalue weighted by Gasteiger charge is -2.13. The number of nitrogens with one attached hydrogen (secondary N) is 1. The van der Waals surface area contributed by atoms with Gasteiger partial charge in [0, 0.05) is 35.6 Å². The van der Waals surface area contributed by atoms with Gasteiger partial charge in [0.25, 0.3) is 0 Å².